The molecule has 7 nitrogen and oxygen atoms in total. The predicted octanol–water partition coefficient (Wildman–Crippen LogP) is 1.91. The molecule has 26 heavy (non-hydrogen) atoms. The Bertz CT molecular complexity index is 922. The lowest BCUT2D eigenvalue weighted by molar-refractivity contribution is -0.128. The number of carbonyl (C=O) groups excluding carboxylic acids is 2. The summed E-state index contributed by atoms with van der Waals surface area (Å²) < 4.78 is 11.2. The topological polar surface area (TPSA) is 84.7 Å². The molecule has 0 radical (unpaired) electrons. The normalized spacial score (nSPS) is 31.5. The maximum atomic E-state index is 13.1. The zero-order valence-electron chi connectivity index (χ0n) is 14.1. The van der Waals surface area contributed by atoms with Gasteiger partial charge in [0.2, 0.25) is 11.8 Å². The van der Waals surface area contributed by atoms with Gasteiger partial charge in [-0.15, -0.1) is 0 Å². The van der Waals surface area contributed by atoms with Gasteiger partial charge in [-0.05, 0) is 19.1 Å². The van der Waals surface area contributed by atoms with Crippen LogP contribution in [0.5, 0.6) is 0 Å². The third-order valence-electron chi connectivity index (χ3n) is 5.34. The summed E-state index contributed by atoms with van der Waals surface area (Å²) in [6.45, 7) is 2.11. The minimum absolute atomic E-state index is 0.154. The molecule has 132 valence electrons. The van der Waals surface area contributed by atoms with Gasteiger partial charge in [0.25, 0.3) is 0 Å². The van der Waals surface area contributed by atoms with Crippen molar-refractivity contribution in [3.05, 3.63) is 54.3 Å². The molecular formula is C19H17N3O4. The molecule has 2 fully saturated rings. The van der Waals surface area contributed by atoms with Crippen LogP contribution in [0.25, 0.3) is 0 Å². The van der Waals surface area contributed by atoms with E-state index in [2.05, 4.69) is 10.5 Å². The maximum Gasteiger partial charge on any atom is 0.235 e. The van der Waals surface area contributed by atoms with Gasteiger partial charge in [0.1, 0.15) is 11.4 Å². The first-order valence-corrected chi connectivity index (χ1v) is 8.55. The number of ether oxygens (including phenoxy) is 1. The monoisotopic (exact) mass is 351 g/mol. The van der Waals surface area contributed by atoms with Crippen LogP contribution >= 0.6 is 0 Å². The molecule has 5 rings (SSSR count). The van der Waals surface area contributed by atoms with Gasteiger partial charge in [0, 0.05) is 11.8 Å². The van der Waals surface area contributed by atoms with E-state index in [1.54, 1.807) is 17.9 Å². The van der Waals surface area contributed by atoms with Crippen molar-refractivity contribution in [3.63, 3.8) is 0 Å². The molecule has 1 N–H and O–H groups in total. The molecule has 2 amide bonds. The lowest BCUT2D eigenvalue weighted by atomic mass is 9.77. The number of hydrogen-bond acceptors (Lipinski definition) is 5. The molecule has 1 aromatic heterocycles. The van der Waals surface area contributed by atoms with Crippen LogP contribution in [-0.4, -0.2) is 35.2 Å². The highest BCUT2D eigenvalue weighted by Gasteiger charge is 2.67. The Labute approximate surface area is 149 Å². The van der Waals surface area contributed by atoms with E-state index in [0.29, 0.717) is 23.8 Å². The van der Waals surface area contributed by atoms with Crippen molar-refractivity contribution >= 4 is 23.3 Å². The number of aromatic nitrogens is 1. The van der Waals surface area contributed by atoms with Crippen molar-refractivity contribution in [2.24, 2.45) is 11.8 Å². The van der Waals surface area contributed by atoms with E-state index >= 15 is 0 Å². The number of nitrogens with one attached hydrogen (secondary N) is 1. The summed E-state index contributed by atoms with van der Waals surface area (Å²) in [5.41, 5.74) is -0.0689. The Morgan fingerprint density at radius 1 is 1.35 bits per heavy atom. The largest absolute Gasteiger partial charge is 0.360 e. The van der Waals surface area contributed by atoms with Crippen LogP contribution in [0.2, 0.25) is 0 Å². The van der Waals surface area contributed by atoms with Crippen LogP contribution in [0.3, 0.4) is 0 Å². The molecule has 1 aromatic carbocycles. The molecule has 2 bridgehead atoms. The smallest absolute Gasteiger partial charge is 0.235 e. The number of amides is 2. The van der Waals surface area contributed by atoms with Crippen molar-refractivity contribution in [1.29, 1.82) is 0 Å². The summed E-state index contributed by atoms with van der Waals surface area (Å²) in [6.07, 6.45) is 3.42. The summed E-state index contributed by atoms with van der Waals surface area (Å²) in [5.74, 6) is -0.397. The zero-order chi connectivity index (χ0) is 17.9. The second-order valence-electron chi connectivity index (χ2n) is 6.98. The van der Waals surface area contributed by atoms with Crippen LogP contribution in [0, 0.1) is 18.8 Å². The lowest BCUT2D eigenvalue weighted by Gasteiger charge is -2.23. The SMILES string of the molecule is Cc1cc(N2C[C@]34C=C[C@@H](O3)C(C(=O)Nc3ccccc3)C4C2=O)no1. The third-order valence-corrected chi connectivity index (χ3v) is 5.34. The van der Waals surface area contributed by atoms with Crippen LogP contribution in [0.4, 0.5) is 11.5 Å². The van der Waals surface area contributed by atoms with E-state index in [4.69, 9.17) is 9.26 Å². The molecule has 2 aromatic rings. The molecule has 2 saturated heterocycles. The number of carbonyl (C=O) groups is 2. The van der Waals surface area contributed by atoms with Crippen molar-refractivity contribution in [3.8, 4) is 0 Å². The number of fused-ring (bicyclic) bond motifs is 1. The summed E-state index contributed by atoms with van der Waals surface area (Å²) in [4.78, 5) is 27.6. The number of anilines is 2. The van der Waals surface area contributed by atoms with Crippen molar-refractivity contribution in [2.45, 2.75) is 18.6 Å². The first kappa shape index (κ1) is 15.3. The molecule has 4 heterocycles. The first-order valence-electron chi connectivity index (χ1n) is 8.55. The van der Waals surface area contributed by atoms with Gasteiger partial charge in [-0.1, -0.05) is 35.5 Å². The standard InChI is InChI=1S/C19H17N3O4/c1-11-9-14(21-26-11)22-10-19-8-7-13(25-19)15(16(19)18(22)24)17(23)20-12-5-3-2-4-6-12/h2-9,13,15-16H,10H2,1H3,(H,20,23)/t13-,15?,16?,19+/m1/s1. The van der Waals surface area contributed by atoms with E-state index < -0.39 is 17.4 Å². The average Bonchev–Trinajstić information content (AvgIpc) is 3.37. The Morgan fingerprint density at radius 3 is 2.88 bits per heavy atom. The number of hydrogen-bond donors (Lipinski definition) is 1. The van der Waals surface area contributed by atoms with E-state index in [1.807, 2.05) is 42.5 Å². The fraction of sp³-hybridized carbons (Fsp3) is 0.316. The number of nitrogens with zero attached hydrogens (tertiary/aromatic N) is 2. The summed E-state index contributed by atoms with van der Waals surface area (Å²) in [6, 6.07) is 10.9. The second-order valence-corrected chi connectivity index (χ2v) is 6.98. The van der Waals surface area contributed by atoms with Gasteiger partial charge < -0.3 is 14.6 Å². The fourth-order valence-corrected chi connectivity index (χ4v) is 4.22. The van der Waals surface area contributed by atoms with Crippen LogP contribution < -0.4 is 10.2 Å². The second kappa shape index (κ2) is 5.28. The molecule has 1 spiro atoms. The first-order chi connectivity index (χ1) is 12.6. The quantitative estimate of drug-likeness (QED) is 0.854. The number of benzene rings is 1. The fourth-order valence-electron chi connectivity index (χ4n) is 4.22. The number of aryl methyl sites for hydroxylation is 1. The average molecular weight is 351 g/mol. The van der Waals surface area contributed by atoms with Crippen molar-refractivity contribution in [1.82, 2.24) is 5.16 Å². The van der Waals surface area contributed by atoms with Crippen LogP contribution in [-0.2, 0) is 14.3 Å². The Hall–Kier alpha value is -2.93. The molecule has 2 unspecified atom stereocenters. The molecule has 0 aliphatic carbocycles. The van der Waals surface area contributed by atoms with Crippen LogP contribution in [0.1, 0.15) is 5.76 Å². The van der Waals surface area contributed by atoms with Gasteiger partial charge in [-0.25, -0.2) is 0 Å². The maximum absolute atomic E-state index is 13.1. The minimum Gasteiger partial charge on any atom is -0.360 e. The van der Waals surface area contributed by atoms with E-state index in [1.165, 1.54) is 0 Å². The molecule has 7 heteroatoms. The molecule has 3 aliphatic heterocycles. The van der Waals surface area contributed by atoms with Gasteiger partial charge in [0.15, 0.2) is 5.82 Å². The van der Waals surface area contributed by atoms with Gasteiger partial charge in [-0.2, -0.15) is 0 Å². The van der Waals surface area contributed by atoms with Crippen molar-refractivity contribution in [2.75, 3.05) is 16.8 Å². The molecule has 0 saturated carbocycles. The third kappa shape index (κ3) is 2.07. The molecule has 4 atom stereocenters. The lowest BCUT2D eigenvalue weighted by Crippen LogP contribution is -2.41. The van der Waals surface area contributed by atoms with E-state index in [-0.39, 0.29) is 17.9 Å². The number of para-hydroxylation sites is 1. The van der Waals surface area contributed by atoms with Crippen molar-refractivity contribution < 1.29 is 18.8 Å². The Balaban J connectivity index is 1.45. The van der Waals surface area contributed by atoms with Gasteiger partial charge in [-0.3, -0.25) is 14.5 Å². The van der Waals surface area contributed by atoms with E-state index in [0.717, 1.165) is 0 Å². The number of rotatable bonds is 3. The molecule has 3 aliphatic rings. The highest BCUT2D eigenvalue weighted by molar-refractivity contribution is 6.05. The summed E-state index contributed by atoms with van der Waals surface area (Å²) in [7, 11) is 0. The summed E-state index contributed by atoms with van der Waals surface area (Å²) >= 11 is 0. The predicted molar refractivity (Wildman–Crippen MR) is 92.4 cm³/mol. The highest BCUT2D eigenvalue weighted by Crippen LogP contribution is 2.52. The van der Waals surface area contributed by atoms with Gasteiger partial charge >= 0.3 is 0 Å². The Kier molecular flexibility index (Phi) is 3.12. The van der Waals surface area contributed by atoms with Gasteiger partial charge in [0.05, 0.1) is 24.5 Å². The van der Waals surface area contributed by atoms with Crippen LogP contribution in [0.15, 0.2) is 53.1 Å². The minimum atomic E-state index is -0.771. The Morgan fingerprint density at radius 2 is 2.15 bits per heavy atom. The zero-order valence-corrected chi connectivity index (χ0v) is 14.1. The summed E-state index contributed by atoms with van der Waals surface area (Å²) in [5, 5.41) is 6.84. The molecular weight excluding hydrogens is 334 g/mol. The highest BCUT2D eigenvalue weighted by atomic mass is 16.5. The van der Waals surface area contributed by atoms with E-state index in [9.17, 15) is 9.59 Å².